The molecule has 1 N–H and O–H groups in total. The summed E-state index contributed by atoms with van der Waals surface area (Å²) in [5.41, 5.74) is 3.81. The van der Waals surface area contributed by atoms with Crippen LogP contribution in [0.4, 0.5) is 0 Å². The summed E-state index contributed by atoms with van der Waals surface area (Å²) < 4.78 is 1.70. The second kappa shape index (κ2) is 4.59. The summed E-state index contributed by atoms with van der Waals surface area (Å²) in [5, 5.41) is 0.629. The van der Waals surface area contributed by atoms with Gasteiger partial charge in [0.25, 0.3) is 0 Å². The van der Waals surface area contributed by atoms with Crippen molar-refractivity contribution in [3.05, 3.63) is 69.1 Å². The van der Waals surface area contributed by atoms with Crippen LogP contribution in [-0.4, -0.2) is 9.55 Å². The average Bonchev–Trinajstić information content (AvgIpc) is 2.66. The van der Waals surface area contributed by atoms with Crippen LogP contribution in [0.15, 0.2) is 47.3 Å². The largest absolute Gasteiger partial charge is 0.326 e. The fourth-order valence-corrected chi connectivity index (χ4v) is 2.44. The zero-order valence-corrected chi connectivity index (χ0v) is 11.2. The standard InChI is InChI=1S/C15H13ClN2O/c1-10-3-2-4-11(7-10)9-18-14-8-12(16)5-6-13(14)17-15(18)19/h2-8H,9H2,1H3,(H,17,19). The molecular weight excluding hydrogens is 260 g/mol. The predicted molar refractivity (Wildman–Crippen MR) is 77.8 cm³/mol. The van der Waals surface area contributed by atoms with Gasteiger partial charge in [-0.05, 0) is 30.7 Å². The molecule has 0 amide bonds. The molecule has 0 aliphatic carbocycles. The number of aromatic amines is 1. The number of fused-ring (bicyclic) bond motifs is 1. The van der Waals surface area contributed by atoms with Gasteiger partial charge in [-0.2, -0.15) is 0 Å². The fourth-order valence-electron chi connectivity index (χ4n) is 2.28. The van der Waals surface area contributed by atoms with Crippen LogP contribution in [-0.2, 0) is 6.54 Å². The molecule has 0 aliphatic heterocycles. The zero-order chi connectivity index (χ0) is 13.4. The van der Waals surface area contributed by atoms with Crippen LogP contribution in [0.3, 0.4) is 0 Å². The molecule has 0 radical (unpaired) electrons. The van der Waals surface area contributed by atoms with E-state index >= 15 is 0 Å². The van der Waals surface area contributed by atoms with E-state index in [1.54, 1.807) is 10.6 Å². The number of aromatic nitrogens is 2. The number of H-pyrrole nitrogens is 1. The van der Waals surface area contributed by atoms with Crippen LogP contribution < -0.4 is 5.69 Å². The van der Waals surface area contributed by atoms with E-state index < -0.39 is 0 Å². The van der Waals surface area contributed by atoms with Crippen molar-refractivity contribution in [2.24, 2.45) is 0 Å². The van der Waals surface area contributed by atoms with E-state index in [1.807, 2.05) is 37.3 Å². The van der Waals surface area contributed by atoms with E-state index in [0.717, 1.165) is 16.6 Å². The Morgan fingerprint density at radius 2 is 2.05 bits per heavy atom. The number of nitrogens with one attached hydrogen (secondary N) is 1. The van der Waals surface area contributed by atoms with E-state index in [9.17, 15) is 4.79 Å². The smallest absolute Gasteiger partial charge is 0.306 e. The van der Waals surface area contributed by atoms with Crippen molar-refractivity contribution < 1.29 is 0 Å². The van der Waals surface area contributed by atoms with E-state index in [4.69, 9.17) is 11.6 Å². The van der Waals surface area contributed by atoms with Gasteiger partial charge >= 0.3 is 5.69 Å². The first-order chi connectivity index (χ1) is 9.13. The average molecular weight is 273 g/mol. The first-order valence-electron chi connectivity index (χ1n) is 6.07. The first kappa shape index (κ1) is 12.1. The Hall–Kier alpha value is -2.00. The molecule has 96 valence electrons. The molecule has 1 aromatic heterocycles. The summed E-state index contributed by atoms with van der Waals surface area (Å²) in [6, 6.07) is 13.5. The molecule has 4 heteroatoms. The third-order valence-electron chi connectivity index (χ3n) is 3.16. The quantitative estimate of drug-likeness (QED) is 0.763. The van der Waals surface area contributed by atoms with E-state index in [-0.39, 0.29) is 5.69 Å². The number of nitrogens with zero attached hydrogens (tertiary/aromatic N) is 1. The van der Waals surface area contributed by atoms with Crippen LogP contribution in [0.5, 0.6) is 0 Å². The van der Waals surface area contributed by atoms with Gasteiger partial charge in [-0.1, -0.05) is 41.4 Å². The third kappa shape index (κ3) is 2.29. The maximum Gasteiger partial charge on any atom is 0.326 e. The summed E-state index contributed by atoms with van der Waals surface area (Å²) >= 11 is 6.00. The predicted octanol–water partition coefficient (Wildman–Crippen LogP) is 3.34. The first-order valence-corrected chi connectivity index (χ1v) is 6.45. The van der Waals surface area contributed by atoms with Crippen molar-refractivity contribution in [1.29, 1.82) is 0 Å². The highest BCUT2D eigenvalue weighted by Gasteiger charge is 2.07. The number of rotatable bonds is 2. The van der Waals surface area contributed by atoms with Crippen LogP contribution in [0.2, 0.25) is 5.02 Å². The molecule has 0 bridgehead atoms. The summed E-state index contributed by atoms with van der Waals surface area (Å²) in [6.07, 6.45) is 0. The van der Waals surface area contributed by atoms with Crippen molar-refractivity contribution in [3.63, 3.8) is 0 Å². The van der Waals surface area contributed by atoms with Gasteiger partial charge in [0.2, 0.25) is 0 Å². The lowest BCUT2D eigenvalue weighted by molar-refractivity contribution is 0.786. The van der Waals surface area contributed by atoms with Gasteiger partial charge in [0.05, 0.1) is 17.6 Å². The lowest BCUT2D eigenvalue weighted by Gasteiger charge is -2.05. The van der Waals surface area contributed by atoms with E-state index in [2.05, 4.69) is 11.1 Å². The van der Waals surface area contributed by atoms with Gasteiger partial charge in [-0.3, -0.25) is 4.57 Å². The summed E-state index contributed by atoms with van der Waals surface area (Å²) in [5.74, 6) is 0. The highest BCUT2D eigenvalue weighted by Crippen LogP contribution is 2.17. The third-order valence-corrected chi connectivity index (χ3v) is 3.40. The molecule has 0 unspecified atom stereocenters. The Bertz CT molecular complexity index is 801. The van der Waals surface area contributed by atoms with Crippen molar-refractivity contribution in [2.45, 2.75) is 13.5 Å². The van der Waals surface area contributed by atoms with Crippen molar-refractivity contribution >= 4 is 22.6 Å². The number of imidazole rings is 1. The van der Waals surface area contributed by atoms with Gasteiger partial charge in [0.1, 0.15) is 0 Å². The summed E-state index contributed by atoms with van der Waals surface area (Å²) in [6.45, 7) is 2.58. The Kier molecular flexibility index (Phi) is 2.91. The zero-order valence-electron chi connectivity index (χ0n) is 10.5. The van der Waals surface area contributed by atoms with Crippen molar-refractivity contribution in [2.75, 3.05) is 0 Å². The highest BCUT2D eigenvalue weighted by molar-refractivity contribution is 6.31. The molecule has 19 heavy (non-hydrogen) atoms. The fraction of sp³-hybridized carbons (Fsp3) is 0.133. The van der Waals surface area contributed by atoms with Gasteiger partial charge in [0.15, 0.2) is 0 Å². The number of hydrogen-bond acceptors (Lipinski definition) is 1. The van der Waals surface area contributed by atoms with Crippen LogP contribution >= 0.6 is 11.6 Å². The Labute approximate surface area is 115 Å². The molecule has 3 aromatic rings. The SMILES string of the molecule is Cc1cccc(Cn2c(=O)[nH]c3ccc(Cl)cc32)c1. The molecule has 2 aromatic carbocycles. The Morgan fingerprint density at radius 1 is 1.21 bits per heavy atom. The topological polar surface area (TPSA) is 37.8 Å². The molecule has 0 spiro atoms. The molecule has 3 rings (SSSR count). The van der Waals surface area contributed by atoms with Crippen LogP contribution in [0.1, 0.15) is 11.1 Å². The monoisotopic (exact) mass is 272 g/mol. The molecule has 0 saturated carbocycles. The number of hydrogen-bond donors (Lipinski definition) is 1. The Balaban J connectivity index is 2.12. The Morgan fingerprint density at radius 3 is 2.84 bits per heavy atom. The minimum absolute atomic E-state index is 0.112. The van der Waals surface area contributed by atoms with Crippen LogP contribution in [0.25, 0.3) is 11.0 Å². The van der Waals surface area contributed by atoms with Crippen LogP contribution in [0, 0.1) is 6.92 Å². The van der Waals surface area contributed by atoms with Gasteiger partial charge in [-0.15, -0.1) is 0 Å². The minimum Gasteiger partial charge on any atom is -0.306 e. The maximum absolute atomic E-state index is 12.0. The second-order valence-corrected chi connectivity index (χ2v) is 5.10. The summed E-state index contributed by atoms with van der Waals surface area (Å²) in [7, 11) is 0. The van der Waals surface area contributed by atoms with Crippen molar-refractivity contribution in [1.82, 2.24) is 9.55 Å². The molecule has 0 aliphatic rings. The molecule has 3 nitrogen and oxygen atoms in total. The highest BCUT2D eigenvalue weighted by atomic mass is 35.5. The summed E-state index contributed by atoms with van der Waals surface area (Å²) in [4.78, 5) is 14.8. The molecule has 0 saturated heterocycles. The van der Waals surface area contributed by atoms with Gasteiger partial charge in [-0.25, -0.2) is 4.79 Å². The molecular formula is C15H13ClN2O. The van der Waals surface area contributed by atoms with Crippen molar-refractivity contribution in [3.8, 4) is 0 Å². The molecule has 0 fully saturated rings. The lowest BCUT2D eigenvalue weighted by atomic mass is 10.1. The number of benzene rings is 2. The van der Waals surface area contributed by atoms with E-state index in [0.29, 0.717) is 11.6 Å². The van der Waals surface area contributed by atoms with Gasteiger partial charge < -0.3 is 4.98 Å². The van der Waals surface area contributed by atoms with Gasteiger partial charge in [0, 0.05) is 5.02 Å². The minimum atomic E-state index is -0.112. The molecule has 1 heterocycles. The number of aryl methyl sites for hydroxylation is 1. The second-order valence-electron chi connectivity index (χ2n) is 4.67. The molecule has 0 atom stereocenters. The normalized spacial score (nSPS) is 11.1. The maximum atomic E-state index is 12.0. The number of halogens is 1. The van der Waals surface area contributed by atoms with E-state index in [1.165, 1.54) is 5.56 Å². The lowest BCUT2D eigenvalue weighted by Crippen LogP contribution is -2.17.